The number of ether oxygens (including phenoxy) is 1. The number of nitrogens with zero attached hydrogens (tertiary/aromatic N) is 4. The van der Waals surface area contributed by atoms with Gasteiger partial charge in [0.1, 0.15) is 5.69 Å². The van der Waals surface area contributed by atoms with E-state index in [0.717, 1.165) is 5.69 Å². The second-order valence-corrected chi connectivity index (χ2v) is 5.96. The minimum absolute atomic E-state index is 0.123. The minimum Gasteiger partial charge on any atom is -0.490 e. The van der Waals surface area contributed by atoms with Gasteiger partial charge >= 0.3 is 5.69 Å². The maximum Gasteiger partial charge on any atom is 0.311 e. The van der Waals surface area contributed by atoms with Gasteiger partial charge in [0.05, 0.1) is 23.4 Å². The Morgan fingerprint density at radius 1 is 1.10 bits per heavy atom. The van der Waals surface area contributed by atoms with Gasteiger partial charge in [-0.15, -0.1) is 0 Å². The molecule has 1 heterocycles. The number of hydrogen-bond acceptors (Lipinski definition) is 6. The monoisotopic (exact) mass is 389 g/mol. The number of nitro groups is 1. The van der Waals surface area contributed by atoms with Gasteiger partial charge in [-0.25, -0.2) is 4.99 Å². The summed E-state index contributed by atoms with van der Waals surface area (Å²) >= 11 is 0. The lowest BCUT2D eigenvalue weighted by Gasteiger charge is -2.08. The standard InChI is InChI=1S/C21H19N5O3/c1-15(16-11-12-20(29-2)19(14-16)26(27)28)24-25-21(18-10-6-7-13-22-18)23-17-8-4-3-5-9-17/h3-14H,1-2H3,(H,23,25)/b24-15+. The summed E-state index contributed by atoms with van der Waals surface area (Å²) in [5.41, 5.74) is 5.31. The molecule has 146 valence electrons. The molecule has 0 aliphatic carbocycles. The first-order valence-corrected chi connectivity index (χ1v) is 8.76. The van der Waals surface area contributed by atoms with E-state index >= 15 is 0 Å². The topological polar surface area (TPSA) is 102 Å². The lowest BCUT2D eigenvalue weighted by atomic mass is 10.1. The Hall–Kier alpha value is -4.07. The van der Waals surface area contributed by atoms with Crippen molar-refractivity contribution in [3.8, 4) is 5.75 Å². The summed E-state index contributed by atoms with van der Waals surface area (Å²) in [7, 11) is 1.39. The quantitative estimate of drug-likeness (QED) is 0.296. The smallest absolute Gasteiger partial charge is 0.311 e. The number of nitrogens with one attached hydrogen (secondary N) is 1. The summed E-state index contributed by atoms with van der Waals surface area (Å²) in [6.45, 7) is 1.75. The highest BCUT2D eigenvalue weighted by molar-refractivity contribution is 6.02. The van der Waals surface area contributed by atoms with Gasteiger partial charge in [-0.3, -0.25) is 20.5 Å². The summed E-state index contributed by atoms with van der Waals surface area (Å²) < 4.78 is 5.04. The average molecular weight is 389 g/mol. The number of pyridine rings is 1. The lowest BCUT2D eigenvalue weighted by molar-refractivity contribution is -0.385. The normalized spacial score (nSPS) is 11.8. The molecule has 29 heavy (non-hydrogen) atoms. The molecule has 0 saturated carbocycles. The molecule has 2 aromatic carbocycles. The molecular formula is C21H19N5O3. The maximum absolute atomic E-state index is 11.3. The van der Waals surface area contributed by atoms with E-state index in [1.165, 1.54) is 13.2 Å². The predicted molar refractivity (Wildman–Crippen MR) is 112 cm³/mol. The van der Waals surface area contributed by atoms with E-state index in [0.29, 0.717) is 22.8 Å². The molecule has 0 fully saturated rings. The van der Waals surface area contributed by atoms with Crippen LogP contribution < -0.4 is 10.2 Å². The second kappa shape index (κ2) is 9.23. The fourth-order valence-corrected chi connectivity index (χ4v) is 2.53. The molecule has 0 aliphatic heterocycles. The summed E-state index contributed by atoms with van der Waals surface area (Å²) in [5.74, 6) is 0.651. The van der Waals surface area contributed by atoms with Crippen molar-refractivity contribution in [2.75, 3.05) is 7.11 Å². The molecule has 1 aromatic heterocycles. The van der Waals surface area contributed by atoms with Gasteiger partial charge in [-0.2, -0.15) is 5.10 Å². The molecule has 8 heteroatoms. The second-order valence-electron chi connectivity index (χ2n) is 5.96. The summed E-state index contributed by atoms with van der Waals surface area (Å²) in [6, 6.07) is 19.6. The first kappa shape index (κ1) is 19.7. The van der Waals surface area contributed by atoms with Crippen molar-refractivity contribution in [3.63, 3.8) is 0 Å². The minimum atomic E-state index is -0.487. The van der Waals surface area contributed by atoms with Crippen molar-refractivity contribution in [1.29, 1.82) is 0 Å². The largest absolute Gasteiger partial charge is 0.490 e. The van der Waals surface area contributed by atoms with Gasteiger partial charge in [0, 0.05) is 17.8 Å². The molecule has 0 spiro atoms. The van der Waals surface area contributed by atoms with E-state index < -0.39 is 4.92 Å². The Labute approximate surface area is 167 Å². The molecule has 1 N–H and O–H groups in total. The van der Waals surface area contributed by atoms with Crippen LogP contribution in [-0.4, -0.2) is 28.6 Å². The Morgan fingerprint density at radius 3 is 2.52 bits per heavy atom. The highest BCUT2D eigenvalue weighted by Crippen LogP contribution is 2.27. The number of hydrazone groups is 1. The highest BCUT2D eigenvalue weighted by atomic mass is 16.6. The third-order valence-corrected chi connectivity index (χ3v) is 4.03. The van der Waals surface area contributed by atoms with Gasteiger partial charge in [0.2, 0.25) is 0 Å². The number of methoxy groups -OCH3 is 1. The molecular weight excluding hydrogens is 370 g/mol. The Balaban J connectivity index is 1.92. The number of benzene rings is 2. The van der Waals surface area contributed by atoms with Gasteiger partial charge in [0.25, 0.3) is 0 Å². The number of nitro benzene ring substituents is 1. The van der Waals surface area contributed by atoms with Crippen LogP contribution in [0.2, 0.25) is 0 Å². The fraction of sp³-hybridized carbons (Fsp3) is 0.0952. The predicted octanol–water partition coefficient (Wildman–Crippen LogP) is 4.09. The summed E-state index contributed by atoms with van der Waals surface area (Å²) in [6.07, 6.45) is 1.67. The van der Waals surface area contributed by atoms with E-state index in [1.807, 2.05) is 48.5 Å². The van der Waals surface area contributed by atoms with Gasteiger partial charge < -0.3 is 4.74 Å². The molecule has 0 amide bonds. The number of amidine groups is 1. The Morgan fingerprint density at radius 2 is 1.86 bits per heavy atom. The number of aliphatic imine (C=N–C) groups is 1. The Kier molecular flexibility index (Phi) is 6.26. The molecule has 0 aliphatic rings. The number of para-hydroxylation sites is 1. The molecule has 3 aromatic rings. The van der Waals surface area contributed by atoms with Crippen molar-refractivity contribution < 1.29 is 9.66 Å². The van der Waals surface area contributed by atoms with Crippen molar-refractivity contribution in [2.45, 2.75) is 6.92 Å². The van der Waals surface area contributed by atoms with Crippen LogP contribution >= 0.6 is 0 Å². The number of hydrogen-bond donors (Lipinski definition) is 1. The van der Waals surface area contributed by atoms with E-state index in [-0.39, 0.29) is 11.4 Å². The zero-order chi connectivity index (χ0) is 20.6. The van der Waals surface area contributed by atoms with Crippen LogP contribution in [0.4, 0.5) is 11.4 Å². The van der Waals surface area contributed by atoms with Gasteiger partial charge in [-0.1, -0.05) is 24.3 Å². The molecule has 0 radical (unpaired) electrons. The number of rotatable bonds is 6. The van der Waals surface area contributed by atoms with Crippen LogP contribution in [0.15, 0.2) is 83.0 Å². The summed E-state index contributed by atoms with van der Waals surface area (Å²) in [5, 5.41) is 15.6. The summed E-state index contributed by atoms with van der Waals surface area (Å²) in [4.78, 5) is 19.7. The molecule has 8 nitrogen and oxygen atoms in total. The molecule has 0 bridgehead atoms. The van der Waals surface area contributed by atoms with Crippen LogP contribution in [0.3, 0.4) is 0 Å². The first-order chi connectivity index (χ1) is 14.1. The average Bonchev–Trinajstić information content (AvgIpc) is 2.77. The maximum atomic E-state index is 11.3. The van der Waals surface area contributed by atoms with E-state index in [1.54, 1.807) is 25.3 Å². The zero-order valence-corrected chi connectivity index (χ0v) is 15.9. The van der Waals surface area contributed by atoms with Crippen molar-refractivity contribution >= 4 is 22.9 Å². The van der Waals surface area contributed by atoms with Crippen LogP contribution in [0.5, 0.6) is 5.75 Å². The van der Waals surface area contributed by atoms with E-state index in [2.05, 4.69) is 20.5 Å². The molecule has 0 atom stereocenters. The fourth-order valence-electron chi connectivity index (χ4n) is 2.53. The van der Waals surface area contributed by atoms with Gasteiger partial charge in [-0.05, 0) is 43.3 Å². The van der Waals surface area contributed by atoms with Gasteiger partial charge in [0.15, 0.2) is 11.6 Å². The van der Waals surface area contributed by atoms with Crippen LogP contribution in [0.1, 0.15) is 18.2 Å². The van der Waals surface area contributed by atoms with E-state index in [9.17, 15) is 10.1 Å². The van der Waals surface area contributed by atoms with Crippen LogP contribution in [-0.2, 0) is 0 Å². The number of aromatic nitrogens is 1. The third kappa shape index (κ3) is 5.01. The lowest BCUT2D eigenvalue weighted by Crippen LogP contribution is -2.21. The molecule has 3 rings (SSSR count). The molecule has 0 saturated heterocycles. The first-order valence-electron chi connectivity index (χ1n) is 8.76. The van der Waals surface area contributed by atoms with Crippen LogP contribution in [0.25, 0.3) is 0 Å². The zero-order valence-electron chi connectivity index (χ0n) is 15.9. The highest BCUT2D eigenvalue weighted by Gasteiger charge is 2.16. The molecule has 0 unspecified atom stereocenters. The van der Waals surface area contributed by atoms with Crippen molar-refractivity contribution in [1.82, 2.24) is 10.4 Å². The SMILES string of the molecule is COc1ccc(/C(C)=N/NC(=Nc2ccccc2)c2ccccn2)cc1[N+](=O)[O-]. The van der Waals surface area contributed by atoms with Crippen molar-refractivity contribution in [2.24, 2.45) is 10.1 Å². The Bertz CT molecular complexity index is 1050. The van der Waals surface area contributed by atoms with E-state index in [4.69, 9.17) is 4.74 Å². The van der Waals surface area contributed by atoms with Crippen LogP contribution in [0, 0.1) is 10.1 Å². The van der Waals surface area contributed by atoms with Crippen molar-refractivity contribution in [3.05, 3.63) is 94.3 Å². The third-order valence-electron chi connectivity index (χ3n) is 4.03.